The summed E-state index contributed by atoms with van der Waals surface area (Å²) in [6.45, 7) is 2.78. The van der Waals surface area contributed by atoms with Crippen LogP contribution in [0.4, 0.5) is 10.2 Å². The Morgan fingerprint density at radius 3 is 2.68 bits per heavy atom. The third-order valence-corrected chi connectivity index (χ3v) is 11.2. The number of anilines is 1. The highest BCUT2D eigenvalue weighted by atomic mass is 32.1. The number of nitrogens with zero attached hydrogens (tertiary/aromatic N) is 4. The van der Waals surface area contributed by atoms with E-state index in [4.69, 9.17) is 28.7 Å². The molecule has 1 aliphatic heterocycles. The molecule has 11 nitrogen and oxygen atoms in total. The minimum Gasteiger partial charge on any atom is -0.496 e. The zero-order valence-electron chi connectivity index (χ0n) is 29.7. The second-order valence-corrected chi connectivity index (χ2v) is 14.2. The van der Waals surface area contributed by atoms with E-state index in [9.17, 15) is 9.18 Å². The van der Waals surface area contributed by atoms with Gasteiger partial charge in [0, 0.05) is 16.6 Å². The lowest BCUT2D eigenvalue weighted by Gasteiger charge is -2.22. The fourth-order valence-corrected chi connectivity index (χ4v) is 8.68. The molecule has 1 saturated heterocycles. The van der Waals surface area contributed by atoms with E-state index in [1.807, 2.05) is 18.2 Å². The van der Waals surface area contributed by atoms with Crippen LogP contribution in [0.15, 0.2) is 65.3 Å². The zero-order valence-corrected chi connectivity index (χ0v) is 30.5. The SMILES string of the molecule is CCOC(=O)c1c([C@@H]2CCCN2)nc(CCc2ccc(F)cc2)c(-c2nc(OC)no2)c1-c1cc2ccnc(N[C@@H]3CCc4c(OC)cccc43)c2s1. The molecule has 8 rings (SSSR count). The second kappa shape index (κ2) is 14.9. The number of pyridine rings is 2. The number of hydrogen-bond donors (Lipinski definition) is 2. The first kappa shape index (κ1) is 34.7. The minimum atomic E-state index is -0.484. The lowest BCUT2D eigenvalue weighted by molar-refractivity contribution is 0.0524. The number of hydrogen-bond acceptors (Lipinski definition) is 12. The van der Waals surface area contributed by atoms with E-state index in [2.05, 4.69) is 32.9 Å². The third kappa shape index (κ3) is 6.70. The van der Waals surface area contributed by atoms with E-state index < -0.39 is 5.97 Å². The summed E-state index contributed by atoms with van der Waals surface area (Å²) in [7, 11) is 3.17. The van der Waals surface area contributed by atoms with Gasteiger partial charge in [-0.1, -0.05) is 24.3 Å². The van der Waals surface area contributed by atoms with Gasteiger partial charge in [-0.25, -0.2) is 14.2 Å². The van der Waals surface area contributed by atoms with Gasteiger partial charge < -0.3 is 29.4 Å². The molecule has 272 valence electrons. The number of ether oxygens (including phenoxy) is 3. The number of thiophene rings is 1. The Labute approximate surface area is 309 Å². The van der Waals surface area contributed by atoms with Crippen molar-refractivity contribution in [1.29, 1.82) is 0 Å². The number of carbonyl (C=O) groups excluding carboxylic acids is 1. The first-order chi connectivity index (χ1) is 25.9. The Morgan fingerprint density at radius 2 is 1.92 bits per heavy atom. The Bertz CT molecular complexity index is 2280. The Balaban J connectivity index is 1.32. The molecule has 2 aliphatic rings. The van der Waals surface area contributed by atoms with Gasteiger partial charge in [0.25, 0.3) is 5.89 Å². The molecule has 0 bridgehead atoms. The summed E-state index contributed by atoms with van der Waals surface area (Å²) < 4.78 is 37.4. The lowest BCUT2D eigenvalue weighted by atomic mass is 9.91. The number of carbonyl (C=O) groups is 1. The predicted molar refractivity (Wildman–Crippen MR) is 200 cm³/mol. The van der Waals surface area contributed by atoms with E-state index >= 15 is 0 Å². The number of aryl methyl sites for hydroxylation is 2. The van der Waals surface area contributed by atoms with Crippen LogP contribution in [0.1, 0.15) is 76.7 Å². The highest BCUT2D eigenvalue weighted by molar-refractivity contribution is 7.23. The average Bonchev–Trinajstić information content (AvgIpc) is 4.01. The molecule has 2 aromatic carbocycles. The van der Waals surface area contributed by atoms with E-state index in [1.54, 1.807) is 32.4 Å². The van der Waals surface area contributed by atoms with Gasteiger partial charge in [0.15, 0.2) is 0 Å². The van der Waals surface area contributed by atoms with Crippen LogP contribution in [0.3, 0.4) is 0 Å². The van der Waals surface area contributed by atoms with Gasteiger partial charge in [-0.05, 0) is 110 Å². The van der Waals surface area contributed by atoms with Gasteiger partial charge >= 0.3 is 12.0 Å². The van der Waals surface area contributed by atoms with E-state index in [0.717, 1.165) is 64.3 Å². The molecule has 0 saturated carbocycles. The molecular weight excluding hydrogens is 696 g/mol. The highest BCUT2D eigenvalue weighted by Gasteiger charge is 2.35. The molecule has 0 spiro atoms. The summed E-state index contributed by atoms with van der Waals surface area (Å²) in [5, 5.41) is 12.3. The van der Waals surface area contributed by atoms with Crippen LogP contribution < -0.4 is 20.1 Å². The van der Waals surface area contributed by atoms with Crippen molar-refractivity contribution in [3.05, 3.63) is 100 Å². The van der Waals surface area contributed by atoms with Crippen molar-refractivity contribution in [3.8, 4) is 33.7 Å². The van der Waals surface area contributed by atoms with Crippen molar-refractivity contribution in [3.63, 3.8) is 0 Å². The average molecular weight is 735 g/mol. The van der Waals surface area contributed by atoms with Gasteiger partial charge in [0.1, 0.15) is 17.4 Å². The molecule has 4 aromatic heterocycles. The largest absolute Gasteiger partial charge is 0.496 e. The molecule has 6 aromatic rings. The molecule has 2 N–H and O–H groups in total. The van der Waals surface area contributed by atoms with Gasteiger partial charge in [-0.15, -0.1) is 11.3 Å². The van der Waals surface area contributed by atoms with Crippen LogP contribution in [-0.2, 0) is 24.0 Å². The number of aromatic nitrogens is 4. The summed E-state index contributed by atoms with van der Waals surface area (Å²) in [6.07, 6.45) is 6.36. The molecule has 2 atom stereocenters. The Hall–Kier alpha value is -5.40. The fourth-order valence-electron chi connectivity index (χ4n) is 7.52. The topological polar surface area (TPSA) is 134 Å². The number of halogens is 1. The van der Waals surface area contributed by atoms with Crippen LogP contribution in [0.2, 0.25) is 0 Å². The van der Waals surface area contributed by atoms with Crippen LogP contribution in [0, 0.1) is 5.82 Å². The molecule has 53 heavy (non-hydrogen) atoms. The molecular formula is C40H39FN6O5S. The molecule has 13 heteroatoms. The standard InChI is InChI=1S/C40H39FN6O5S/c1-4-51-39(48)34-33(31-21-23-18-20-43-37(36(23)53-31)45-27-17-15-26-25(27)7-5-9-30(26)49-2)32(38-46-40(50-3)47-52-38)28(44-35(34)29-8-6-19-42-29)16-12-22-10-13-24(41)14-11-22/h5,7,9-11,13-14,18,20-21,27,29,42H,4,6,8,12,15-17,19H2,1-3H3,(H,43,45)/t27-,29+/m1/s1. The number of nitrogens with one attached hydrogen (secondary N) is 2. The highest BCUT2D eigenvalue weighted by Crippen LogP contribution is 2.47. The summed E-state index contributed by atoms with van der Waals surface area (Å²) in [5.41, 5.74) is 6.12. The van der Waals surface area contributed by atoms with Crippen molar-refractivity contribution >= 4 is 33.2 Å². The van der Waals surface area contributed by atoms with Gasteiger partial charge in [0.2, 0.25) is 0 Å². The van der Waals surface area contributed by atoms with Gasteiger partial charge in [-0.2, -0.15) is 4.98 Å². The van der Waals surface area contributed by atoms with Crippen molar-refractivity contribution in [1.82, 2.24) is 25.4 Å². The van der Waals surface area contributed by atoms with Crippen LogP contribution in [0.5, 0.6) is 11.8 Å². The monoisotopic (exact) mass is 734 g/mol. The predicted octanol–water partition coefficient (Wildman–Crippen LogP) is 8.05. The molecule has 1 aliphatic carbocycles. The Morgan fingerprint density at radius 1 is 1.06 bits per heavy atom. The van der Waals surface area contributed by atoms with Crippen LogP contribution >= 0.6 is 11.3 Å². The Kier molecular flexibility index (Phi) is 9.76. The normalized spacial score (nSPS) is 16.5. The summed E-state index contributed by atoms with van der Waals surface area (Å²) >= 11 is 1.53. The maximum Gasteiger partial charge on any atom is 0.354 e. The second-order valence-electron chi connectivity index (χ2n) is 13.1. The summed E-state index contributed by atoms with van der Waals surface area (Å²) in [5.74, 6) is 1.03. The number of methoxy groups -OCH3 is 2. The third-order valence-electron chi connectivity index (χ3n) is 9.98. The van der Waals surface area contributed by atoms with E-state index in [1.165, 1.54) is 41.7 Å². The summed E-state index contributed by atoms with van der Waals surface area (Å²) in [6, 6.07) is 16.6. The van der Waals surface area contributed by atoms with Crippen molar-refractivity contribution in [2.45, 2.75) is 57.5 Å². The quantitative estimate of drug-likeness (QED) is 0.118. The molecule has 0 radical (unpaired) electrons. The smallest absolute Gasteiger partial charge is 0.354 e. The number of benzene rings is 2. The van der Waals surface area contributed by atoms with Gasteiger partial charge in [-0.3, -0.25) is 4.98 Å². The van der Waals surface area contributed by atoms with Crippen molar-refractivity contribution in [2.75, 3.05) is 32.7 Å². The lowest BCUT2D eigenvalue weighted by Crippen LogP contribution is -2.22. The molecule has 5 heterocycles. The number of fused-ring (bicyclic) bond motifs is 2. The van der Waals surface area contributed by atoms with Gasteiger partial charge in [0.05, 0.1) is 60.1 Å². The van der Waals surface area contributed by atoms with Crippen LogP contribution in [-0.4, -0.2) is 53.4 Å². The van der Waals surface area contributed by atoms with Crippen molar-refractivity contribution in [2.24, 2.45) is 0 Å². The first-order valence-corrected chi connectivity index (χ1v) is 18.7. The van der Waals surface area contributed by atoms with E-state index in [0.29, 0.717) is 40.9 Å². The zero-order chi connectivity index (χ0) is 36.5. The van der Waals surface area contributed by atoms with Crippen LogP contribution in [0.25, 0.3) is 32.0 Å². The van der Waals surface area contributed by atoms with Crippen molar-refractivity contribution < 1.29 is 27.9 Å². The molecule has 0 amide bonds. The first-order valence-electron chi connectivity index (χ1n) is 17.9. The summed E-state index contributed by atoms with van der Waals surface area (Å²) in [4.78, 5) is 29.6. The fraction of sp³-hybridized carbons (Fsp3) is 0.325. The minimum absolute atomic E-state index is 0.0511. The number of rotatable bonds is 12. The maximum atomic E-state index is 14.2. The molecule has 1 fully saturated rings. The maximum absolute atomic E-state index is 14.2. The van der Waals surface area contributed by atoms with E-state index in [-0.39, 0.29) is 36.4 Å². The number of esters is 1. The molecule has 0 unspecified atom stereocenters.